The molecule has 1 aromatic carbocycles. The molecule has 2 amide bonds. The minimum absolute atomic E-state index is 0.0504. The van der Waals surface area contributed by atoms with E-state index in [0.717, 1.165) is 19.3 Å². The van der Waals surface area contributed by atoms with Crippen LogP contribution in [0, 0.1) is 5.92 Å². The fraction of sp³-hybridized carbons (Fsp3) is 0.529. The lowest BCUT2D eigenvalue weighted by Gasteiger charge is -2.30. The number of hydrogen-bond acceptors (Lipinski definition) is 3. The molecule has 120 valence electrons. The van der Waals surface area contributed by atoms with Crippen molar-refractivity contribution in [2.45, 2.75) is 31.1 Å². The summed E-state index contributed by atoms with van der Waals surface area (Å²) < 4.78 is 0. The van der Waals surface area contributed by atoms with Gasteiger partial charge in [0.2, 0.25) is 11.8 Å². The SMILES string of the molecule is CSc1ccc(CCNC(=O)C2CCN(C(C)=O)CC2)cc1. The van der Waals surface area contributed by atoms with Crippen LogP contribution in [0.1, 0.15) is 25.3 Å². The van der Waals surface area contributed by atoms with Gasteiger partial charge in [-0.15, -0.1) is 11.8 Å². The Hall–Kier alpha value is -1.49. The maximum absolute atomic E-state index is 12.1. The van der Waals surface area contributed by atoms with Gasteiger partial charge in [-0.1, -0.05) is 12.1 Å². The van der Waals surface area contributed by atoms with Crippen molar-refractivity contribution < 1.29 is 9.59 Å². The molecule has 22 heavy (non-hydrogen) atoms. The van der Waals surface area contributed by atoms with Crippen molar-refractivity contribution >= 4 is 23.6 Å². The number of thioether (sulfide) groups is 1. The van der Waals surface area contributed by atoms with Crippen LogP contribution < -0.4 is 5.32 Å². The summed E-state index contributed by atoms with van der Waals surface area (Å²) in [6, 6.07) is 8.45. The van der Waals surface area contributed by atoms with E-state index in [-0.39, 0.29) is 17.7 Å². The highest BCUT2D eigenvalue weighted by molar-refractivity contribution is 7.98. The summed E-state index contributed by atoms with van der Waals surface area (Å²) in [6.07, 6.45) is 4.46. The molecule has 1 aliphatic heterocycles. The van der Waals surface area contributed by atoms with Gasteiger partial charge in [-0.05, 0) is 43.2 Å². The second-order valence-corrected chi connectivity index (χ2v) is 6.55. The van der Waals surface area contributed by atoms with Crippen LogP contribution in [0.5, 0.6) is 0 Å². The molecular formula is C17H24N2O2S. The van der Waals surface area contributed by atoms with Crippen molar-refractivity contribution in [3.63, 3.8) is 0 Å². The molecule has 5 heteroatoms. The molecule has 1 aromatic rings. The minimum Gasteiger partial charge on any atom is -0.356 e. The van der Waals surface area contributed by atoms with E-state index in [1.54, 1.807) is 18.7 Å². The highest BCUT2D eigenvalue weighted by Crippen LogP contribution is 2.17. The minimum atomic E-state index is 0.0504. The third-order valence-corrected chi connectivity index (χ3v) is 4.93. The van der Waals surface area contributed by atoms with E-state index in [2.05, 4.69) is 35.8 Å². The maximum Gasteiger partial charge on any atom is 0.223 e. The first-order valence-electron chi connectivity index (χ1n) is 7.76. The van der Waals surface area contributed by atoms with Gasteiger partial charge in [-0.2, -0.15) is 0 Å². The topological polar surface area (TPSA) is 49.4 Å². The zero-order chi connectivity index (χ0) is 15.9. The lowest BCUT2D eigenvalue weighted by Crippen LogP contribution is -2.42. The van der Waals surface area contributed by atoms with Gasteiger partial charge in [-0.3, -0.25) is 9.59 Å². The van der Waals surface area contributed by atoms with Crippen molar-refractivity contribution in [3.05, 3.63) is 29.8 Å². The molecule has 0 atom stereocenters. The quantitative estimate of drug-likeness (QED) is 0.847. The Morgan fingerprint density at radius 2 is 1.86 bits per heavy atom. The van der Waals surface area contributed by atoms with Gasteiger partial charge in [0.05, 0.1) is 0 Å². The molecule has 0 bridgehead atoms. The number of hydrogen-bond donors (Lipinski definition) is 1. The van der Waals surface area contributed by atoms with Gasteiger partial charge in [-0.25, -0.2) is 0 Å². The summed E-state index contributed by atoms with van der Waals surface area (Å²) in [7, 11) is 0. The average Bonchev–Trinajstić information content (AvgIpc) is 2.55. The first-order valence-corrected chi connectivity index (χ1v) is 8.99. The number of amides is 2. The molecule has 0 spiro atoms. The number of benzene rings is 1. The molecule has 1 N–H and O–H groups in total. The lowest BCUT2D eigenvalue weighted by atomic mass is 9.96. The van der Waals surface area contributed by atoms with Gasteiger partial charge in [0, 0.05) is 37.4 Å². The molecule has 1 saturated heterocycles. The number of carbonyl (C=O) groups is 2. The van der Waals surface area contributed by atoms with Gasteiger partial charge in [0.1, 0.15) is 0 Å². The summed E-state index contributed by atoms with van der Waals surface area (Å²) in [5.74, 6) is 0.283. The largest absolute Gasteiger partial charge is 0.356 e. The van der Waals surface area contributed by atoms with Crippen molar-refractivity contribution in [2.75, 3.05) is 25.9 Å². The average molecular weight is 320 g/mol. The normalized spacial score (nSPS) is 15.6. The van der Waals surface area contributed by atoms with E-state index in [1.807, 2.05) is 4.90 Å². The van der Waals surface area contributed by atoms with E-state index >= 15 is 0 Å². The second-order valence-electron chi connectivity index (χ2n) is 5.67. The fourth-order valence-electron chi connectivity index (χ4n) is 2.72. The molecular weight excluding hydrogens is 296 g/mol. The predicted molar refractivity (Wildman–Crippen MR) is 89.9 cm³/mol. The first kappa shape index (κ1) is 16.9. The highest BCUT2D eigenvalue weighted by Gasteiger charge is 2.25. The smallest absolute Gasteiger partial charge is 0.223 e. The third-order valence-electron chi connectivity index (χ3n) is 4.18. The number of likely N-dealkylation sites (tertiary alicyclic amines) is 1. The Kier molecular flexibility index (Phi) is 6.31. The van der Waals surface area contributed by atoms with E-state index < -0.39 is 0 Å². The van der Waals surface area contributed by atoms with Crippen LogP contribution in [0.2, 0.25) is 0 Å². The van der Waals surface area contributed by atoms with E-state index in [0.29, 0.717) is 19.6 Å². The number of rotatable bonds is 5. The summed E-state index contributed by atoms with van der Waals surface area (Å²) in [6.45, 7) is 3.65. The number of piperidine rings is 1. The molecule has 1 fully saturated rings. The third kappa shape index (κ3) is 4.77. The lowest BCUT2D eigenvalue weighted by molar-refractivity contribution is -0.133. The van der Waals surface area contributed by atoms with Crippen LogP contribution in [0.3, 0.4) is 0 Å². The summed E-state index contributed by atoms with van der Waals surface area (Å²) in [5, 5.41) is 3.03. The van der Waals surface area contributed by atoms with E-state index in [9.17, 15) is 9.59 Å². The zero-order valence-electron chi connectivity index (χ0n) is 13.3. The van der Waals surface area contributed by atoms with E-state index in [4.69, 9.17) is 0 Å². The zero-order valence-corrected chi connectivity index (χ0v) is 14.1. The maximum atomic E-state index is 12.1. The van der Waals surface area contributed by atoms with Crippen molar-refractivity contribution in [3.8, 4) is 0 Å². The number of nitrogens with one attached hydrogen (secondary N) is 1. The monoisotopic (exact) mass is 320 g/mol. The van der Waals surface area contributed by atoms with E-state index in [1.165, 1.54) is 10.5 Å². The molecule has 0 unspecified atom stereocenters. The van der Waals surface area contributed by atoms with Gasteiger partial charge in [0.15, 0.2) is 0 Å². The van der Waals surface area contributed by atoms with Crippen LogP contribution in [0.15, 0.2) is 29.2 Å². The summed E-state index contributed by atoms with van der Waals surface area (Å²) >= 11 is 1.73. The van der Waals surface area contributed by atoms with Crippen LogP contribution in [-0.4, -0.2) is 42.6 Å². The van der Waals surface area contributed by atoms with Crippen molar-refractivity contribution in [1.82, 2.24) is 10.2 Å². The number of nitrogens with zero attached hydrogens (tertiary/aromatic N) is 1. The molecule has 1 heterocycles. The highest BCUT2D eigenvalue weighted by atomic mass is 32.2. The second kappa shape index (κ2) is 8.22. The Labute approximate surface area is 136 Å². The summed E-state index contributed by atoms with van der Waals surface area (Å²) in [5.41, 5.74) is 1.24. The molecule has 1 aliphatic rings. The molecule has 0 aliphatic carbocycles. The van der Waals surface area contributed by atoms with Crippen molar-refractivity contribution in [2.24, 2.45) is 5.92 Å². The Morgan fingerprint density at radius 1 is 1.23 bits per heavy atom. The van der Waals surface area contributed by atoms with Crippen LogP contribution in [0.25, 0.3) is 0 Å². The molecule has 0 saturated carbocycles. The van der Waals surface area contributed by atoms with Gasteiger partial charge >= 0.3 is 0 Å². The van der Waals surface area contributed by atoms with Crippen LogP contribution >= 0.6 is 11.8 Å². The van der Waals surface area contributed by atoms with Crippen LogP contribution in [-0.2, 0) is 16.0 Å². The standard InChI is InChI=1S/C17H24N2O2S/c1-13(20)19-11-8-15(9-12-19)17(21)18-10-7-14-3-5-16(22-2)6-4-14/h3-6,15H,7-12H2,1-2H3,(H,18,21). The Morgan fingerprint density at radius 3 is 2.41 bits per heavy atom. The van der Waals surface area contributed by atoms with Crippen LogP contribution in [0.4, 0.5) is 0 Å². The molecule has 4 nitrogen and oxygen atoms in total. The first-order chi connectivity index (χ1) is 10.6. The van der Waals surface area contributed by atoms with Crippen molar-refractivity contribution in [1.29, 1.82) is 0 Å². The fourth-order valence-corrected chi connectivity index (χ4v) is 3.13. The Bertz CT molecular complexity index is 508. The predicted octanol–water partition coefficient (Wildman–Crippen LogP) is 2.33. The van der Waals surface area contributed by atoms with Gasteiger partial charge < -0.3 is 10.2 Å². The molecule has 2 rings (SSSR count). The number of carbonyl (C=O) groups excluding carboxylic acids is 2. The molecule has 0 radical (unpaired) electrons. The molecule has 0 aromatic heterocycles. The summed E-state index contributed by atoms with van der Waals surface area (Å²) in [4.78, 5) is 26.5. The Balaban J connectivity index is 1.70. The van der Waals surface area contributed by atoms with Gasteiger partial charge in [0.25, 0.3) is 0 Å².